The van der Waals surface area contributed by atoms with Crippen LogP contribution in [-0.2, 0) is 9.47 Å². The molecule has 0 radical (unpaired) electrons. The fourth-order valence-electron chi connectivity index (χ4n) is 3.58. The monoisotopic (exact) mass is 255 g/mol. The maximum Gasteiger partial charge on any atom is 0.0939 e. The van der Waals surface area contributed by atoms with Crippen LogP contribution in [0, 0.1) is 17.8 Å². The van der Waals surface area contributed by atoms with E-state index in [9.17, 15) is 0 Å². The number of nitrogens with one attached hydrogen (secondary N) is 1. The molecular weight excluding hydrogens is 226 g/mol. The summed E-state index contributed by atoms with van der Waals surface area (Å²) in [6.45, 7) is 9.59. The van der Waals surface area contributed by atoms with Gasteiger partial charge in [0, 0.05) is 25.7 Å². The van der Waals surface area contributed by atoms with Crippen molar-refractivity contribution in [1.82, 2.24) is 5.32 Å². The molecule has 3 heteroatoms. The molecule has 0 aromatic rings. The summed E-state index contributed by atoms with van der Waals surface area (Å²) in [5.41, 5.74) is 0.0364. The van der Waals surface area contributed by atoms with Gasteiger partial charge < -0.3 is 14.8 Å². The van der Waals surface area contributed by atoms with Crippen molar-refractivity contribution in [1.29, 1.82) is 0 Å². The van der Waals surface area contributed by atoms with Gasteiger partial charge in [0.05, 0.1) is 12.2 Å². The second kappa shape index (κ2) is 5.89. The molecule has 0 aliphatic carbocycles. The Morgan fingerprint density at radius 1 is 1.22 bits per heavy atom. The summed E-state index contributed by atoms with van der Waals surface area (Å²) >= 11 is 0. The van der Waals surface area contributed by atoms with Gasteiger partial charge in [-0.1, -0.05) is 20.8 Å². The van der Waals surface area contributed by atoms with Gasteiger partial charge in [-0.2, -0.15) is 0 Å². The van der Waals surface area contributed by atoms with E-state index in [0.29, 0.717) is 12.0 Å². The zero-order valence-electron chi connectivity index (χ0n) is 12.4. The van der Waals surface area contributed by atoms with Crippen molar-refractivity contribution in [2.45, 2.75) is 51.7 Å². The molecule has 0 aromatic carbocycles. The van der Waals surface area contributed by atoms with Crippen molar-refractivity contribution in [2.24, 2.45) is 17.8 Å². The van der Waals surface area contributed by atoms with Crippen LogP contribution >= 0.6 is 0 Å². The van der Waals surface area contributed by atoms with Crippen molar-refractivity contribution in [3.05, 3.63) is 0 Å². The van der Waals surface area contributed by atoms with E-state index in [4.69, 9.17) is 9.47 Å². The van der Waals surface area contributed by atoms with Crippen LogP contribution in [0.3, 0.4) is 0 Å². The first-order valence-electron chi connectivity index (χ1n) is 7.47. The summed E-state index contributed by atoms with van der Waals surface area (Å²) in [5.74, 6) is 2.15. The summed E-state index contributed by atoms with van der Waals surface area (Å²) in [7, 11) is 2.11. The fourth-order valence-corrected chi connectivity index (χ4v) is 3.58. The SMILES string of the molecule is CNC(C1CCOC2(CCOC2)C1)C(C)C(C)C. The Morgan fingerprint density at radius 3 is 2.56 bits per heavy atom. The highest BCUT2D eigenvalue weighted by atomic mass is 16.6. The summed E-state index contributed by atoms with van der Waals surface area (Å²) in [5, 5.41) is 3.56. The van der Waals surface area contributed by atoms with Gasteiger partial charge in [0.2, 0.25) is 0 Å². The third-order valence-electron chi connectivity index (χ3n) is 5.06. The Balaban J connectivity index is 2.02. The minimum atomic E-state index is 0.0364. The quantitative estimate of drug-likeness (QED) is 0.837. The van der Waals surface area contributed by atoms with Gasteiger partial charge in [-0.15, -0.1) is 0 Å². The maximum absolute atomic E-state index is 6.04. The van der Waals surface area contributed by atoms with E-state index in [1.54, 1.807) is 0 Å². The Morgan fingerprint density at radius 2 is 2.00 bits per heavy atom. The topological polar surface area (TPSA) is 30.5 Å². The van der Waals surface area contributed by atoms with Crippen molar-refractivity contribution in [3.8, 4) is 0 Å². The van der Waals surface area contributed by atoms with E-state index < -0.39 is 0 Å². The molecule has 0 bridgehead atoms. The van der Waals surface area contributed by atoms with Crippen LogP contribution in [0.5, 0.6) is 0 Å². The van der Waals surface area contributed by atoms with Crippen molar-refractivity contribution in [2.75, 3.05) is 26.9 Å². The second-order valence-corrected chi connectivity index (χ2v) is 6.50. The molecule has 0 amide bonds. The minimum Gasteiger partial charge on any atom is -0.378 e. The van der Waals surface area contributed by atoms with Gasteiger partial charge in [-0.05, 0) is 37.6 Å². The third-order valence-corrected chi connectivity index (χ3v) is 5.06. The molecule has 1 N–H and O–H groups in total. The third kappa shape index (κ3) is 2.89. The first-order chi connectivity index (χ1) is 8.58. The number of rotatable bonds is 4. The Bertz CT molecular complexity index is 261. The smallest absolute Gasteiger partial charge is 0.0939 e. The van der Waals surface area contributed by atoms with Crippen LogP contribution < -0.4 is 5.32 Å². The van der Waals surface area contributed by atoms with Gasteiger partial charge >= 0.3 is 0 Å². The molecule has 106 valence electrons. The van der Waals surface area contributed by atoms with Gasteiger partial charge in [0.15, 0.2) is 0 Å². The van der Waals surface area contributed by atoms with Gasteiger partial charge in [-0.25, -0.2) is 0 Å². The molecule has 2 aliphatic rings. The van der Waals surface area contributed by atoms with Crippen LogP contribution in [0.25, 0.3) is 0 Å². The average Bonchev–Trinajstić information content (AvgIpc) is 2.78. The summed E-state index contributed by atoms with van der Waals surface area (Å²) in [6.07, 6.45) is 3.43. The molecule has 2 saturated heterocycles. The Hall–Kier alpha value is -0.120. The normalized spacial score (nSPS) is 36.2. The van der Waals surface area contributed by atoms with Crippen molar-refractivity contribution < 1.29 is 9.47 Å². The lowest BCUT2D eigenvalue weighted by atomic mass is 9.75. The largest absolute Gasteiger partial charge is 0.378 e. The van der Waals surface area contributed by atoms with Crippen LogP contribution in [0.1, 0.15) is 40.0 Å². The van der Waals surface area contributed by atoms with Crippen LogP contribution in [0.2, 0.25) is 0 Å². The standard InChI is InChI=1S/C15H29NO2/c1-11(2)12(3)14(16-4)13-5-7-18-15(9-13)6-8-17-10-15/h11-14,16H,5-10H2,1-4H3. The lowest BCUT2D eigenvalue weighted by Gasteiger charge is -2.42. The average molecular weight is 255 g/mol. The molecular formula is C15H29NO2. The zero-order valence-corrected chi connectivity index (χ0v) is 12.4. The summed E-state index contributed by atoms with van der Waals surface area (Å²) in [4.78, 5) is 0. The van der Waals surface area contributed by atoms with Crippen LogP contribution in [-0.4, -0.2) is 38.5 Å². The van der Waals surface area contributed by atoms with Crippen LogP contribution in [0.4, 0.5) is 0 Å². The van der Waals surface area contributed by atoms with E-state index in [2.05, 4.69) is 33.1 Å². The molecule has 2 aliphatic heterocycles. The molecule has 3 nitrogen and oxygen atoms in total. The molecule has 1 spiro atoms. The lowest BCUT2D eigenvalue weighted by Crippen LogP contribution is -2.49. The summed E-state index contributed by atoms with van der Waals surface area (Å²) < 4.78 is 11.6. The lowest BCUT2D eigenvalue weighted by molar-refractivity contribution is -0.106. The van der Waals surface area contributed by atoms with E-state index in [0.717, 1.165) is 44.5 Å². The summed E-state index contributed by atoms with van der Waals surface area (Å²) in [6, 6.07) is 0.603. The molecule has 2 fully saturated rings. The fraction of sp³-hybridized carbons (Fsp3) is 1.00. The van der Waals surface area contributed by atoms with Crippen molar-refractivity contribution >= 4 is 0 Å². The number of ether oxygens (including phenoxy) is 2. The molecule has 0 aromatic heterocycles. The molecule has 4 unspecified atom stereocenters. The highest BCUT2D eigenvalue weighted by Gasteiger charge is 2.43. The van der Waals surface area contributed by atoms with Crippen molar-refractivity contribution in [3.63, 3.8) is 0 Å². The Labute approximate surface area is 112 Å². The second-order valence-electron chi connectivity index (χ2n) is 6.50. The predicted octanol–water partition coefficient (Wildman–Crippen LogP) is 2.45. The van der Waals surface area contributed by atoms with Gasteiger partial charge in [0.1, 0.15) is 0 Å². The minimum absolute atomic E-state index is 0.0364. The Kier molecular flexibility index (Phi) is 4.68. The number of hydrogen-bond acceptors (Lipinski definition) is 3. The van der Waals surface area contributed by atoms with E-state index >= 15 is 0 Å². The first-order valence-corrected chi connectivity index (χ1v) is 7.47. The van der Waals surface area contributed by atoms with E-state index in [1.165, 1.54) is 6.42 Å². The molecule has 2 rings (SSSR count). The predicted molar refractivity (Wildman–Crippen MR) is 73.7 cm³/mol. The first kappa shape index (κ1) is 14.3. The molecule has 4 atom stereocenters. The maximum atomic E-state index is 6.04. The molecule has 18 heavy (non-hydrogen) atoms. The van der Waals surface area contributed by atoms with E-state index in [1.807, 2.05) is 0 Å². The highest BCUT2D eigenvalue weighted by Crippen LogP contribution is 2.39. The highest BCUT2D eigenvalue weighted by molar-refractivity contribution is 4.94. The zero-order chi connectivity index (χ0) is 13.2. The van der Waals surface area contributed by atoms with Gasteiger partial charge in [0.25, 0.3) is 0 Å². The van der Waals surface area contributed by atoms with Gasteiger partial charge in [-0.3, -0.25) is 0 Å². The van der Waals surface area contributed by atoms with E-state index in [-0.39, 0.29) is 5.60 Å². The molecule has 2 heterocycles. The number of hydrogen-bond donors (Lipinski definition) is 1. The van der Waals surface area contributed by atoms with Crippen LogP contribution in [0.15, 0.2) is 0 Å². The molecule has 0 saturated carbocycles.